The summed E-state index contributed by atoms with van der Waals surface area (Å²) < 4.78 is 14.8. The fourth-order valence-corrected chi connectivity index (χ4v) is 3.10. The number of aryl methyl sites for hydroxylation is 1. The van der Waals surface area contributed by atoms with Crippen LogP contribution >= 0.6 is 27.3 Å². The standard InChI is InChI=1S/C14H15BrFNS/c1-3-17-14(11-7-13(15)18-8-11)10-5-4-9(2)12(16)6-10/h4-8,14,17H,3H2,1-2H3. The molecule has 0 radical (unpaired) electrons. The molecule has 0 bridgehead atoms. The Hall–Kier alpha value is -0.710. The zero-order chi connectivity index (χ0) is 13.1. The smallest absolute Gasteiger partial charge is 0.126 e. The molecular weight excluding hydrogens is 313 g/mol. The maximum atomic E-state index is 13.7. The van der Waals surface area contributed by atoms with E-state index in [1.165, 1.54) is 0 Å². The Balaban J connectivity index is 2.37. The summed E-state index contributed by atoms with van der Waals surface area (Å²) in [5.74, 6) is -0.148. The van der Waals surface area contributed by atoms with Gasteiger partial charge in [-0.15, -0.1) is 11.3 Å². The number of nitrogens with one attached hydrogen (secondary N) is 1. The molecule has 2 aromatic rings. The molecule has 1 heterocycles. The van der Waals surface area contributed by atoms with Crippen molar-refractivity contribution in [1.29, 1.82) is 0 Å². The largest absolute Gasteiger partial charge is 0.307 e. The van der Waals surface area contributed by atoms with Gasteiger partial charge in [-0.2, -0.15) is 0 Å². The lowest BCUT2D eigenvalue weighted by atomic mass is 10.00. The minimum atomic E-state index is -0.148. The zero-order valence-electron chi connectivity index (χ0n) is 10.3. The second kappa shape index (κ2) is 5.95. The molecule has 0 spiro atoms. The van der Waals surface area contributed by atoms with Crippen molar-refractivity contribution in [3.8, 4) is 0 Å². The first kappa shape index (κ1) is 13.7. The van der Waals surface area contributed by atoms with Gasteiger partial charge in [0, 0.05) is 0 Å². The van der Waals surface area contributed by atoms with Crippen molar-refractivity contribution in [3.63, 3.8) is 0 Å². The van der Waals surface area contributed by atoms with E-state index >= 15 is 0 Å². The molecule has 1 nitrogen and oxygen atoms in total. The number of hydrogen-bond acceptors (Lipinski definition) is 2. The maximum absolute atomic E-state index is 13.7. The fraction of sp³-hybridized carbons (Fsp3) is 0.286. The molecule has 18 heavy (non-hydrogen) atoms. The number of rotatable bonds is 4. The Bertz CT molecular complexity index is 538. The molecule has 0 amide bonds. The molecule has 0 aliphatic heterocycles. The first-order valence-electron chi connectivity index (χ1n) is 5.85. The molecule has 0 aliphatic carbocycles. The molecule has 1 aromatic carbocycles. The van der Waals surface area contributed by atoms with Crippen molar-refractivity contribution in [2.75, 3.05) is 6.54 Å². The Morgan fingerprint density at radius 2 is 2.11 bits per heavy atom. The van der Waals surface area contributed by atoms with Gasteiger partial charge in [-0.1, -0.05) is 19.1 Å². The molecular formula is C14H15BrFNS. The third-order valence-electron chi connectivity index (χ3n) is 2.86. The second-order valence-electron chi connectivity index (χ2n) is 4.18. The van der Waals surface area contributed by atoms with Gasteiger partial charge in [-0.05, 0) is 63.6 Å². The normalized spacial score (nSPS) is 12.7. The second-order valence-corrected chi connectivity index (χ2v) is 6.47. The third-order valence-corrected chi connectivity index (χ3v) is 4.38. The molecule has 1 aromatic heterocycles. The van der Waals surface area contributed by atoms with Crippen LogP contribution in [-0.4, -0.2) is 6.54 Å². The Morgan fingerprint density at radius 1 is 1.33 bits per heavy atom. The molecule has 0 saturated heterocycles. The zero-order valence-corrected chi connectivity index (χ0v) is 12.7. The lowest BCUT2D eigenvalue weighted by Gasteiger charge is -2.17. The summed E-state index contributed by atoms with van der Waals surface area (Å²) in [5, 5.41) is 5.49. The van der Waals surface area contributed by atoms with Crippen LogP contribution in [0.4, 0.5) is 4.39 Å². The highest BCUT2D eigenvalue weighted by Crippen LogP contribution is 2.30. The van der Waals surface area contributed by atoms with E-state index in [1.807, 2.05) is 12.1 Å². The van der Waals surface area contributed by atoms with E-state index in [0.29, 0.717) is 5.56 Å². The molecule has 0 aliphatic rings. The van der Waals surface area contributed by atoms with E-state index in [2.05, 4.69) is 39.6 Å². The van der Waals surface area contributed by atoms with Crippen LogP contribution in [0.5, 0.6) is 0 Å². The van der Waals surface area contributed by atoms with E-state index in [1.54, 1.807) is 24.3 Å². The first-order chi connectivity index (χ1) is 8.61. The van der Waals surface area contributed by atoms with Crippen molar-refractivity contribution in [1.82, 2.24) is 5.32 Å². The van der Waals surface area contributed by atoms with Crippen LogP contribution in [0.15, 0.2) is 33.4 Å². The van der Waals surface area contributed by atoms with E-state index in [0.717, 1.165) is 21.5 Å². The molecule has 0 fully saturated rings. The average molecular weight is 328 g/mol. The number of benzene rings is 1. The average Bonchev–Trinajstić information content (AvgIpc) is 2.76. The van der Waals surface area contributed by atoms with Gasteiger partial charge in [0.1, 0.15) is 5.82 Å². The molecule has 96 valence electrons. The Morgan fingerprint density at radius 3 is 2.67 bits per heavy atom. The summed E-state index contributed by atoms with van der Waals surface area (Å²) in [4.78, 5) is 0. The summed E-state index contributed by atoms with van der Waals surface area (Å²) in [6.45, 7) is 4.68. The summed E-state index contributed by atoms with van der Waals surface area (Å²) in [6, 6.07) is 7.56. The van der Waals surface area contributed by atoms with Gasteiger partial charge >= 0.3 is 0 Å². The number of halogens is 2. The highest BCUT2D eigenvalue weighted by Gasteiger charge is 2.15. The predicted molar refractivity (Wildman–Crippen MR) is 78.7 cm³/mol. The van der Waals surface area contributed by atoms with Gasteiger partial charge in [0.05, 0.1) is 9.83 Å². The van der Waals surface area contributed by atoms with Crippen LogP contribution < -0.4 is 5.32 Å². The molecule has 1 N–H and O–H groups in total. The van der Waals surface area contributed by atoms with E-state index in [9.17, 15) is 4.39 Å². The highest BCUT2D eigenvalue weighted by atomic mass is 79.9. The summed E-state index contributed by atoms with van der Waals surface area (Å²) in [6.07, 6.45) is 0. The predicted octanol–water partition coefficient (Wildman–Crippen LogP) is 4.66. The first-order valence-corrected chi connectivity index (χ1v) is 7.52. The van der Waals surface area contributed by atoms with Crippen LogP contribution in [0.2, 0.25) is 0 Å². The van der Waals surface area contributed by atoms with Gasteiger partial charge in [0.25, 0.3) is 0 Å². The fourth-order valence-electron chi connectivity index (χ4n) is 1.90. The van der Waals surface area contributed by atoms with Crippen molar-refractivity contribution in [2.45, 2.75) is 19.9 Å². The highest BCUT2D eigenvalue weighted by molar-refractivity contribution is 9.11. The van der Waals surface area contributed by atoms with E-state index < -0.39 is 0 Å². The minimum absolute atomic E-state index is 0.0487. The van der Waals surface area contributed by atoms with E-state index in [4.69, 9.17) is 0 Å². The van der Waals surface area contributed by atoms with Gasteiger partial charge in [-0.25, -0.2) is 4.39 Å². The summed E-state index contributed by atoms with van der Waals surface area (Å²) in [7, 11) is 0. The maximum Gasteiger partial charge on any atom is 0.126 e. The Kier molecular flexibility index (Phi) is 4.54. The van der Waals surface area contributed by atoms with Crippen molar-refractivity contribution in [3.05, 3.63) is 55.9 Å². The van der Waals surface area contributed by atoms with Crippen LogP contribution in [0.3, 0.4) is 0 Å². The van der Waals surface area contributed by atoms with Gasteiger partial charge in [0.2, 0.25) is 0 Å². The molecule has 0 saturated carbocycles. The third kappa shape index (κ3) is 2.99. The van der Waals surface area contributed by atoms with Crippen LogP contribution in [0.1, 0.15) is 29.7 Å². The van der Waals surface area contributed by atoms with Crippen molar-refractivity contribution < 1.29 is 4.39 Å². The summed E-state index contributed by atoms with van der Waals surface area (Å²) in [5.41, 5.74) is 2.81. The lowest BCUT2D eigenvalue weighted by molar-refractivity contribution is 0.598. The molecule has 1 atom stereocenters. The van der Waals surface area contributed by atoms with Crippen molar-refractivity contribution >= 4 is 27.3 Å². The molecule has 1 unspecified atom stereocenters. The van der Waals surface area contributed by atoms with Gasteiger partial charge in [0.15, 0.2) is 0 Å². The Labute approximate surface area is 119 Å². The lowest BCUT2D eigenvalue weighted by Crippen LogP contribution is -2.21. The van der Waals surface area contributed by atoms with E-state index in [-0.39, 0.29) is 11.9 Å². The van der Waals surface area contributed by atoms with Crippen molar-refractivity contribution in [2.24, 2.45) is 0 Å². The number of thiophene rings is 1. The SMILES string of the molecule is CCNC(c1csc(Br)c1)c1ccc(C)c(F)c1. The molecule has 2 rings (SSSR count). The molecule has 4 heteroatoms. The monoisotopic (exact) mass is 327 g/mol. The minimum Gasteiger partial charge on any atom is -0.307 e. The van der Waals surface area contributed by atoms with Crippen LogP contribution in [0.25, 0.3) is 0 Å². The topological polar surface area (TPSA) is 12.0 Å². The van der Waals surface area contributed by atoms with Gasteiger partial charge in [-0.3, -0.25) is 0 Å². The summed E-state index contributed by atoms with van der Waals surface area (Å²) >= 11 is 5.11. The quantitative estimate of drug-likeness (QED) is 0.861. The number of hydrogen-bond donors (Lipinski definition) is 1. The van der Waals surface area contributed by atoms with Gasteiger partial charge < -0.3 is 5.32 Å². The van der Waals surface area contributed by atoms with Crippen LogP contribution in [-0.2, 0) is 0 Å². The van der Waals surface area contributed by atoms with Crippen LogP contribution in [0, 0.1) is 12.7 Å².